The lowest BCUT2D eigenvalue weighted by Crippen LogP contribution is -2.45. The molecule has 1 atom stereocenters. The van der Waals surface area contributed by atoms with E-state index in [4.69, 9.17) is 0 Å². The molecule has 1 aromatic heterocycles. The van der Waals surface area contributed by atoms with E-state index in [0.717, 1.165) is 5.56 Å². The highest BCUT2D eigenvalue weighted by Crippen LogP contribution is 2.15. The number of carbonyl (C=O) groups is 2. The normalized spacial score (nSPS) is 11.6. The predicted octanol–water partition coefficient (Wildman–Crippen LogP) is 3.46. The van der Waals surface area contributed by atoms with Gasteiger partial charge >= 0.3 is 0 Å². The van der Waals surface area contributed by atoms with Gasteiger partial charge in [0.05, 0.1) is 11.4 Å². The smallest absolute Gasteiger partial charge is 0.295 e. The average molecular weight is 455 g/mol. The molecule has 3 aromatic carbocycles. The maximum atomic E-state index is 13.4. The summed E-state index contributed by atoms with van der Waals surface area (Å²) in [5, 5.41) is 5.61. The van der Waals surface area contributed by atoms with Crippen LogP contribution in [-0.4, -0.2) is 27.2 Å². The summed E-state index contributed by atoms with van der Waals surface area (Å²) in [4.78, 5) is 39.4. The van der Waals surface area contributed by atoms with Crippen LogP contribution in [-0.2, 0) is 18.3 Å². The maximum absolute atomic E-state index is 13.4. The third-order valence-electron chi connectivity index (χ3n) is 5.74. The van der Waals surface area contributed by atoms with E-state index in [1.807, 2.05) is 66.7 Å². The van der Waals surface area contributed by atoms with Gasteiger partial charge in [0.2, 0.25) is 5.91 Å². The molecule has 7 nitrogen and oxygen atoms in total. The van der Waals surface area contributed by atoms with Crippen molar-refractivity contribution >= 4 is 17.5 Å². The lowest BCUT2D eigenvalue weighted by molar-refractivity contribution is -0.118. The molecule has 172 valence electrons. The van der Waals surface area contributed by atoms with E-state index >= 15 is 0 Å². The standard InChI is InChI=1S/C27H26N4O3/c1-19-24(27(34)31(30(19)2)22-16-10-5-11-17-22)29-26(33)23(18-20-12-6-3-7-13-20)28-25(32)21-14-8-4-9-15-21/h3-17,23H,18H2,1-2H3,(H,28,32)(H,29,33). The van der Waals surface area contributed by atoms with Crippen molar-refractivity contribution in [1.29, 1.82) is 0 Å². The summed E-state index contributed by atoms with van der Waals surface area (Å²) in [6, 6.07) is 26.5. The molecule has 34 heavy (non-hydrogen) atoms. The van der Waals surface area contributed by atoms with Gasteiger partial charge in [-0.15, -0.1) is 0 Å². The van der Waals surface area contributed by atoms with E-state index in [2.05, 4.69) is 10.6 Å². The van der Waals surface area contributed by atoms with Crippen molar-refractivity contribution in [2.75, 3.05) is 5.32 Å². The second-order valence-electron chi connectivity index (χ2n) is 8.01. The molecule has 4 aromatic rings. The van der Waals surface area contributed by atoms with Crippen LogP contribution in [0.1, 0.15) is 21.6 Å². The van der Waals surface area contributed by atoms with Crippen molar-refractivity contribution in [3.63, 3.8) is 0 Å². The molecule has 2 amide bonds. The van der Waals surface area contributed by atoms with E-state index in [-0.39, 0.29) is 23.6 Å². The van der Waals surface area contributed by atoms with Gasteiger partial charge in [0, 0.05) is 19.0 Å². The summed E-state index contributed by atoms with van der Waals surface area (Å²) in [6.07, 6.45) is 0.282. The first kappa shape index (κ1) is 22.8. The Hall–Kier alpha value is -4.39. The van der Waals surface area contributed by atoms with Crippen LogP contribution in [0.25, 0.3) is 5.69 Å². The molecule has 0 saturated carbocycles. The van der Waals surface area contributed by atoms with Gasteiger partial charge in [-0.2, -0.15) is 0 Å². The summed E-state index contributed by atoms with van der Waals surface area (Å²) < 4.78 is 3.20. The Bertz CT molecular complexity index is 1340. The highest BCUT2D eigenvalue weighted by molar-refractivity contribution is 6.01. The van der Waals surface area contributed by atoms with Gasteiger partial charge in [-0.3, -0.25) is 19.1 Å². The van der Waals surface area contributed by atoms with Gasteiger partial charge in [-0.05, 0) is 36.8 Å². The van der Waals surface area contributed by atoms with Crippen molar-refractivity contribution in [2.45, 2.75) is 19.4 Å². The summed E-state index contributed by atoms with van der Waals surface area (Å²) in [7, 11) is 1.76. The fourth-order valence-electron chi connectivity index (χ4n) is 3.81. The zero-order valence-corrected chi connectivity index (χ0v) is 19.1. The highest BCUT2D eigenvalue weighted by atomic mass is 16.2. The lowest BCUT2D eigenvalue weighted by atomic mass is 10.0. The monoisotopic (exact) mass is 454 g/mol. The second-order valence-corrected chi connectivity index (χ2v) is 8.01. The van der Waals surface area contributed by atoms with Crippen molar-refractivity contribution in [3.8, 4) is 5.69 Å². The molecular weight excluding hydrogens is 428 g/mol. The Morgan fingerprint density at radius 3 is 2.03 bits per heavy atom. The number of rotatable bonds is 7. The van der Waals surface area contributed by atoms with Gasteiger partial charge in [0.15, 0.2) is 0 Å². The van der Waals surface area contributed by atoms with E-state index < -0.39 is 11.9 Å². The number of para-hydroxylation sites is 1. The minimum Gasteiger partial charge on any atom is -0.340 e. The number of nitrogens with one attached hydrogen (secondary N) is 2. The lowest BCUT2D eigenvalue weighted by Gasteiger charge is -2.18. The van der Waals surface area contributed by atoms with E-state index in [0.29, 0.717) is 16.9 Å². The zero-order chi connectivity index (χ0) is 24.1. The van der Waals surface area contributed by atoms with Gasteiger partial charge in [-0.25, -0.2) is 4.68 Å². The summed E-state index contributed by atoms with van der Waals surface area (Å²) in [6.45, 7) is 1.77. The van der Waals surface area contributed by atoms with Crippen LogP contribution in [0, 0.1) is 6.92 Å². The number of hydrogen-bond donors (Lipinski definition) is 2. The Balaban J connectivity index is 1.63. The van der Waals surface area contributed by atoms with Gasteiger partial charge in [0.1, 0.15) is 11.7 Å². The third kappa shape index (κ3) is 4.83. The molecule has 0 bridgehead atoms. The van der Waals surface area contributed by atoms with Crippen molar-refractivity contribution < 1.29 is 9.59 Å². The molecule has 0 radical (unpaired) electrons. The SMILES string of the molecule is Cc1c(NC(=O)C(Cc2ccccc2)NC(=O)c2ccccc2)c(=O)n(-c2ccccc2)n1C. The summed E-state index contributed by atoms with van der Waals surface area (Å²) >= 11 is 0. The molecule has 1 unspecified atom stereocenters. The number of amides is 2. The van der Waals surface area contributed by atoms with Crippen LogP contribution in [0.3, 0.4) is 0 Å². The Morgan fingerprint density at radius 2 is 1.41 bits per heavy atom. The van der Waals surface area contributed by atoms with Crippen molar-refractivity contribution in [3.05, 3.63) is 118 Å². The van der Waals surface area contributed by atoms with Crippen LogP contribution in [0.15, 0.2) is 95.8 Å². The molecule has 0 aliphatic carbocycles. The molecule has 0 spiro atoms. The number of carbonyl (C=O) groups excluding carboxylic acids is 2. The van der Waals surface area contributed by atoms with E-state index in [1.165, 1.54) is 4.68 Å². The number of aromatic nitrogens is 2. The topological polar surface area (TPSA) is 85.1 Å². The first-order valence-electron chi connectivity index (χ1n) is 11.0. The zero-order valence-electron chi connectivity index (χ0n) is 19.1. The Labute approximate surface area is 197 Å². The highest BCUT2D eigenvalue weighted by Gasteiger charge is 2.25. The largest absolute Gasteiger partial charge is 0.340 e. The number of nitrogens with zero attached hydrogens (tertiary/aromatic N) is 2. The minimum absolute atomic E-state index is 0.184. The van der Waals surface area contributed by atoms with Crippen molar-refractivity contribution in [2.24, 2.45) is 7.05 Å². The number of benzene rings is 3. The van der Waals surface area contributed by atoms with Crippen molar-refractivity contribution in [1.82, 2.24) is 14.7 Å². The molecule has 0 fully saturated rings. The van der Waals surface area contributed by atoms with Crippen LogP contribution in [0.4, 0.5) is 5.69 Å². The van der Waals surface area contributed by atoms with Crippen LogP contribution in [0.5, 0.6) is 0 Å². The molecule has 0 aliphatic rings. The molecule has 0 aliphatic heterocycles. The average Bonchev–Trinajstić information content (AvgIpc) is 3.08. The summed E-state index contributed by atoms with van der Waals surface area (Å²) in [5.41, 5.74) is 2.49. The molecule has 4 rings (SSSR count). The molecule has 2 N–H and O–H groups in total. The van der Waals surface area contributed by atoms with Crippen LogP contribution < -0.4 is 16.2 Å². The quantitative estimate of drug-likeness (QED) is 0.449. The van der Waals surface area contributed by atoms with E-state index in [9.17, 15) is 14.4 Å². The first-order valence-corrected chi connectivity index (χ1v) is 11.0. The van der Waals surface area contributed by atoms with Gasteiger partial charge in [0.25, 0.3) is 11.5 Å². The van der Waals surface area contributed by atoms with Crippen LogP contribution in [0.2, 0.25) is 0 Å². The molecule has 0 saturated heterocycles. The van der Waals surface area contributed by atoms with Crippen LogP contribution >= 0.6 is 0 Å². The number of hydrogen-bond acceptors (Lipinski definition) is 3. The fraction of sp³-hybridized carbons (Fsp3) is 0.148. The minimum atomic E-state index is -0.876. The Kier molecular flexibility index (Phi) is 6.73. The molecular formula is C27H26N4O3. The Morgan fingerprint density at radius 1 is 0.853 bits per heavy atom. The first-order chi connectivity index (χ1) is 16.5. The molecule has 7 heteroatoms. The third-order valence-corrected chi connectivity index (χ3v) is 5.74. The number of anilines is 1. The second kappa shape index (κ2) is 10.0. The maximum Gasteiger partial charge on any atom is 0.295 e. The van der Waals surface area contributed by atoms with Gasteiger partial charge < -0.3 is 10.6 Å². The predicted molar refractivity (Wildman–Crippen MR) is 132 cm³/mol. The summed E-state index contributed by atoms with van der Waals surface area (Å²) in [5.74, 6) is -0.817. The van der Waals surface area contributed by atoms with E-state index in [1.54, 1.807) is 42.9 Å². The fourth-order valence-corrected chi connectivity index (χ4v) is 3.81. The molecule has 1 heterocycles. The van der Waals surface area contributed by atoms with Gasteiger partial charge in [-0.1, -0.05) is 66.7 Å².